The van der Waals surface area contributed by atoms with E-state index >= 15 is 4.39 Å². The minimum atomic E-state index is -4.03. The number of carbonyl (C=O) groups is 1. The number of benzene rings is 2. The molecule has 0 aromatic heterocycles. The Labute approximate surface area is 207 Å². The molecule has 1 amide bonds. The first-order valence-corrected chi connectivity index (χ1v) is 14.2. The molecule has 0 radical (unpaired) electrons. The van der Waals surface area contributed by atoms with Gasteiger partial charge in [0.1, 0.15) is 30.8 Å². The molecule has 4 aliphatic rings. The molecule has 186 valence electrons. The number of nitrogens with zero attached hydrogens (tertiary/aromatic N) is 2. The Morgan fingerprint density at radius 2 is 1.83 bits per heavy atom. The van der Waals surface area contributed by atoms with Gasteiger partial charge in [-0.3, -0.25) is 9.08 Å². The number of fused-ring (bicyclic) bond motifs is 5. The predicted octanol–water partition coefficient (Wildman–Crippen LogP) is 3.71. The molecule has 35 heavy (non-hydrogen) atoms. The van der Waals surface area contributed by atoms with Gasteiger partial charge in [0.2, 0.25) is 0 Å². The number of ether oxygens (including phenoxy) is 2. The van der Waals surface area contributed by atoms with Crippen molar-refractivity contribution in [3.05, 3.63) is 47.8 Å². The number of halogens is 1. The molecule has 0 aliphatic carbocycles. The van der Waals surface area contributed by atoms with E-state index in [4.69, 9.17) is 13.7 Å². The van der Waals surface area contributed by atoms with Crippen LogP contribution in [0.15, 0.2) is 41.3 Å². The first-order valence-electron chi connectivity index (χ1n) is 11.6. The maximum atomic E-state index is 15.4. The van der Waals surface area contributed by atoms with Crippen molar-refractivity contribution in [1.82, 2.24) is 0 Å². The largest absolute Gasteiger partial charge is 0.489 e. The van der Waals surface area contributed by atoms with Crippen molar-refractivity contribution in [2.45, 2.75) is 48.9 Å². The van der Waals surface area contributed by atoms with Crippen LogP contribution in [0.3, 0.4) is 0 Å². The van der Waals surface area contributed by atoms with E-state index in [1.54, 1.807) is 18.2 Å². The van der Waals surface area contributed by atoms with Gasteiger partial charge in [0.15, 0.2) is 6.10 Å². The highest BCUT2D eigenvalue weighted by molar-refractivity contribution is 7.99. The molecule has 4 heterocycles. The normalized spacial score (nSPS) is 27.3. The lowest BCUT2D eigenvalue weighted by Gasteiger charge is -2.38. The average molecular weight is 521 g/mol. The zero-order chi connectivity index (χ0) is 24.3. The number of hydrogen-bond donors (Lipinski definition) is 0. The molecular weight excluding hydrogens is 495 g/mol. The fourth-order valence-corrected chi connectivity index (χ4v) is 7.58. The standard InChI is InChI=1S/C24H25FN2O6S2/c1-14-2-6-17(7-3-14)35(29,30)32-11-23-21-10-31-22-9-19(26-15-4-5-16(26)13-34-12-15)18(25)8-20(22)27(21)24(28)33-23/h2-3,6-9,15-16,21,23H,4-5,10-13H2,1H3/t15?,16?,21-,23-/m0/s1. The van der Waals surface area contributed by atoms with E-state index in [-0.39, 0.29) is 23.8 Å². The number of amides is 1. The van der Waals surface area contributed by atoms with Crippen molar-refractivity contribution in [1.29, 1.82) is 0 Å². The van der Waals surface area contributed by atoms with Crippen LogP contribution in [0, 0.1) is 12.7 Å². The number of carbonyl (C=O) groups excluding carboxylic acids is 1. The van der Waals surface area contributed by atoms with Crippen LogP contribution in [-0.2, 0) is 19.0 Å². The van der Waals surface area contributed by atoms with E-state index in [2.05, 4.69) is 4.90 Å². The van der Waals surface area contributed by atoms with Gasteiger partial charge in [-0.05, 0) is 31.9 Å². The molecule has 0 N–H and O–H groups in total. The summed E-state index contributed by atoms with van der Waals surface area (Å²) in [7, 11) is -4.03. The van der Waals surface area contributed by atoms with Crippen molar-refractivity contribution in [2.75, 3.05) is 34.5 Å². The minimum Gasteiger partial charge on any atom is -0.489 e. The van der Waals surface area contributed by atoms with Gasteiger partial charge < -0.3 is 14.4 Å². The maximum absolute atomic E-state index is 15.4. The second-order valence-electron chi connectivity index (χ2n) is 9.32. The first kappa shape index (κ1) is 22.9. The second-order valence-corrected chi connectivity index (χ2v) is 12.0. The van der Waals surface area contributed by atoms with Crippen LogP contribution < -0.4 is 14.5 Å². The Kier molecular flexibility index (Phi) is 5.61. The first-order chi connectivity index (χ1) is 16.8. The summed E-state index contributed by atoms with van der Waals surface area (Å²) < 4.78 is 57.1. The van der Waals surface area contributed by atoms with Gasteiger partial charge in [-0.1, -0.05) is 17.7 Å². The monoisotopic (exact) mass is 520 g/mol. The summed E-state index contributed by atoms with van der Waals surface area (Å²) in [6.07, 6.45) is 0.530. The van der Waals surface area contributed by atoms with Gasteiger partial charge in [-0.2, -0.15) is 20.2 Å². The summed E-state index contributed by atoms with van der Waals surface area (Å²) in [5.74, 6) is 1.95. The Balaban J connectivity index is 1.22. The lowest BCUT2D eigenvalue weighted by molar-refractivity contribution is 0.0840. The quantitative estimate of drug-likeness (QED) is 0.552. The SMILES string of the molecule is Cc1ccc(S(=O)(=O)OC[C@@H]2OC(=O)N3c4cc(F)c(N5C6CCC5CSC6)cc4OC[C@@H]23)cc1. The maximum Gasteiger partial charge on any atom is 0.415 e. The van der Waals surface area contributed by atoms with Crippen LogP contribution in [0.2, 0.25) is 0 Å². The third kappa shape index (κ3) is 3.93. The molecule has 11 heteroatoms. The molecule has 6 rings (SSSR count). The summed E-state index contributed by atoms with van der Waals surface area (Å²) in [5, 5.41) is 0. The predicted molar refractivity (Wildman–Crippen MR) is 129 cm³/mol. The lowest BCUT2D eigenvalue weighted by Crippen LogP contribution is -2.46. The van der Waals surface area contributed by atoms with Crippen molar-refractivity contribution in [2.24, 2.45) is 0 Å². The number of hydrogen-bond acceptors (Lipinski definition) is 8. The highest BCUT2D eigenvalue weighted by Crippen LogP contribution is 2.46. The highest BCUT2D eigenvalue weighted by Gasteiger charge is 2.48. The summed E-state index contributed by atoms with van der Waals surface area (Å²) in [4.78, 5) is 16.3. The van der Waals surface area contributed by atoms with Gasteiger partial charge in [0.25, 0.3) is 10.1 Å². The minimum absolute atomic E-state index is 0.0224. The van der Waals surface area contributed by atoms with Gasteiger partial charge >= 0.3 is 6.09 Å². The fourth-order valence-electron chi connectivity index (χ4n) is 5.33. The van der Waals surface area contributed by atoms with Gasteiger partial charge in [0.05, 0.1) is 16.3 Å². The van der Waals surface area contributed by atoms with Crippen LogP contribution in [0.4, 0.5) is 20.6 Å². The molecule has 8 nitrogen and oxygen atoms in total. The molecule has 2 aromatic rings. The fraction of sp³-hybridized carbons (Fsp3) is 0.458. The number of thioether (sulfide) groups is 1. The number of rotatable bonds is 5. The van der Waals surface area contributed by atoms with Crippen LogP contribution in [0.25, 0.3) is 0 Å². The summed E-state index contributed by atoms with van der Waals surface area (Å²) in [6, 6.07) is 9.26. The molecule has 2 aromatic carbocycles. The molecule has 4 atom stereocenters. The molecule has 0 saturated carbocycles. The van der Waals surface area contributed by atoms with Gasteiger partial charge in [-0.25, -0.2) is 9.18 Å². The number of anilines is 2. The van der Waals surface area contributed by atoms with E-state index in [9.17, 15) is 13.2 Å². The van der Waals surface area contributed by atoms with Gasteiger partial charge in [0, 0.05) is 35.7 Å². The number of aryl methyl sites for hydroxylation is 1. The Morgan fingerprint density at radius 1 is 1.11 bits per heavy atom. The van der Waals surface area contributed by atoms with Crippen LogP contribution in [0.1, 0.15) is 18.4 Å². The average Bonchev–Trinajstić information content (AvgIpc) is 3.29. The van der Waals surface area contributed by atoms with Gasteiger partial charge in [-0.15, -0.1) is 0 Å². The summed E-state index contributed by atoms with van der Waals surface area (Å²) in [5.41, 5.74) is 1.71. The lowest BCUT2D eigenvalue weighted by atomic mass is 10.1. The van der Waals surface area contributed by atoms with Crippen molar-refractivity contribution < 1.29 is 31.3 Å². The van der Waals surface area contributed by atoms with E-state index in [0.29, 0.717) is 23.5 Å². The van der Waals surface area contributed by atoms with Crippen LogP contribution >= 0.6 is 11.8 Å². The zero-order valence-electron chi connectivity index (χ0n) is 19.1. The molecule has 3 fully saturated rings. The molecule has 4 aliphatic heterocycles. The van der Waals surface area contributed by atoms with E-state index in [0.717, 1.165) is 29.9 Å². The summed E-state index contributed by atoms with van der Waals surface area (Å²) >= 11 is 1.91. The van der Waals surface area contributed by atoms with Crippen molar-refractivity contribution in [3.63, 3.8) is 0 Å². The van der Waals surface area contributed by atoms with E-state index < -0.39 is 34.2 Å². The van der Waals surface area contributed by atoms with E-state index in [1.165, 1.54) is 23.1 Å². The Bertz CT molecular complexity index is 1260. The molecular formula is C24H25FN2O6S2. The molecule has 3 saturated heterocycles. The summed E-state index contributed by atoms with van der Waals surface area (Å²) in [6.45, 7) is 1.58. The van der Waals surface area contributed by atoms with Crippen LogP contribution in [-0.4, -0.2) is 63.5 Å². The van der Waals surface area contributed by atoms with Crippen molar-refractivity contribution >= 4 is 39.3 Å². The zero-order valence-corrected chi connectivity index (χ0v) is 20.7. The Hall–Kier alpha value is -2.50. The molecule has 2 unspecified atom stereocenters. The molecule has 0 spiro atoms. The smallest absolute Gasteiger partial charge is 0.415 e. The highest BCUT2D eigenvalue weighted by atomic mass is 32.2. The third-order valence-corrected chi connectivity index (χ3v) is 9.66. The second kappa shape index (κ2) is 8.56. The molecule has 2 bridgehead atoms. The van der Waals surface area contributed by atoms with E-state index in [1.807, 2.05) is 18.7 Å². The Morgan fingerprint density at radius 3 is 2.54 bits per heavy atom. The number of cyclic esters (lactones) is 1. The van der Waals surface area contributed by atoms with Crippen molar-refractivity contribution in [3.8, 4) is 5.75 Å². The third-order valence-electron chi connectivity index (χ3n) is 7.12. The topological polar surface area (TPSA) is 85.4 Å². The van der Waals surface area contributed by atoms with Crippen LogP contribution in [0.5, 0.6) is 5.75 Å².